The van der Waals surface area contributed by atoms with E-state index in [1.165, 1.54) is 4.31 Å². The van der Waals surface area contributed by atoms with Gasteiger partial charge in [0.15, 0.2) is 5.76 Å². The van der Waals surface area contributed by atoms with E-state index in [0.717, 1.165) is 6.42 Å². The van der Waals surface area contributed by atoms with Gasteiger partial charge in [0.05, 0.1) is 0 Å². The molecule has 1 aromatic rings. The minimum Gasteiger partial charge on any atom is -0.360 e. The molecule has 1 aliphatic rings. The number of aromatic nitrogens is 1. The SMILES string of the molecule is Cc1noc(C)c1S(=O)(=O)N1CCC(C(C)N)C1. The summed E-state index contributed by atoms with van der Waals surface area (Å²) < 4.78 is 31.4. The van der Waals surface area contributed by atoms with E-state index in [1.807, 2.05) is 6.92 Å². The summed E-state index contributed by atoms with van der Waals surface area (Å²) in [6.07, 6.45) is 0.806. The summed E-state index contributed by atoms with van der Waals surface area (Å²) in [6.45, 7) is 6.16. The molecular formula is C11H19N3O3S. The van der Waals surface area contributed by atoms with Crippen LogP contribution in [0.1, 0.15) is 24.8 Å². The van der Waals surface area contributed by atoms with Crippen LogP contribution in [0, 0.1) is 19.8 Å². The second kappa shape index (κ2) is 4.64. The smallest absolute Gasteiger partial charge is 0.248 e. The first kappa shape index (κ1) is 13.5. The number of nitrogens with zero attached hydrogens (tertiary/aromatic N) is 2. The van der Waals surface area contributed by atoms with E-state index >= 15 is 0 Å². The summed E-state index contributed by atoms with van der Waals surface area (Å²) in [4.78, 5) is 0.202. The minimum atomic E-state index is -3.50. The van der Waals surface area contributed by atoms with Crippen LogP contribution in [-0.2, 0) is 10.0 Å². The Balaban J connectivity index is 2.29. The van der Waals surface area contributed by atoms with Gasteiger partial charge in [0, 0.05) is 19.1 Å². The second-order valence-electron chi connectivity index (χ2n) is 4.92. The number of sulfonamides is 1. The molecule has 1 aliphatic heterocycles. The monoisotopic (exact) mass is 273 g/mol. The molecule has 7 heteroatoms. The number of nitrogens with two attached hydrogens (primary N) is 1. The van der Waals surface area contributed by atoms with Crippen molar-refractivity contribution in [1.82, 2.24) is 9.46 Å². The van der Waals surface area contributed by atoms with Gasteiger partial charge >= 0.3 is 0 Å². The predicted molar refractivity (Wildman–Crippen MR) is 66.5 cm³/mol. The Kier molecular flexibility index (Phi) is 3.48. The zero-order valence-corrected chi connectivity index (χ0v) is 11.7. The van der Waals surface area contributed by atoms with Crippen molar-refractivity contribution >= 4 is 10.0 Å². The maximum atomic E-state index is 12.5. The predicted octanol–water partition coefficient (Wildman–Crippen LogP) is 0.649. The zero-order valence-electron chi connectivity index (χ0n) is 10.9. The van der Waals surface area contributed by atoms with Crippen LogP contribution in [0.25, 0.3) is 0 Å². The van der Waals surface area contributed by atoms with Crippen LogP contribution in [0.3, 0.4) is 0 Å². The summed E-state index contributed by atoms with van der Waals surface area (Å²) in [7, 11) is -3.50. The lowest BCUT2D eigenvalue weighted by molar-refractivity contribution is 0.389. The van der Waals surface area contributed by atoms with E-state index in [4.69, 9.17) is 10.3 Å². The Bertz CT molecular complexity index is 516. The van der Waals surface area contributed by atoms with Crippen LogP contribution in [0.4, 0.5) is 0 Å². The van der Waals surface area contributed by atoms with Gasteiger partial charge in [-0.1, -0.05) is 5.16 Å². The maximum absolute atomic E-state index is 12.5. The van der Waals surface area contributed by atoms with E-state index in [1.54, 1.807) is 13.8 Å². The van der Waals surface area contributed by atoms with Gasteiger partial charge < -0.3 is 10.3 Å². The molecule has 0 spiro atoms. The Morgan fingerprint density at radius 3 is 2.61 bits per heavy atom. The average Bonchev–Trinajstić information content (AvgIpc) is 2.85. The fourth-order valence-corrected chi connectivity index (χ4v) is 4.18. The van der Waals surface area contributed by atoms with Crippen molar-refractivity contribution < 1.29 is 12.9 Å². The minimum absolute atomic E-state index is 0.00914. The molecule has 1 saturated heterocycles. The molecule has 2 atom stereocenters. The van der Waals surface area contributed by atoms with Crippen molar-refractivity contribution in [1.29, 1.82) is 0 Å². The fraction of sp³-hybridized carbons (Fsp3) is 0.727. The molecule has 2 rings (SSSR count). The Morgan fingerprint density at radius 2 is 2.17 bits per heavy atom. The summed E-state index contributed by atoms with van der Waals surface area (Å²) in [5, 5.41) is 3.70. The quantitative estimate of drug-likeness (QED) is 0.873. The first-order valence-electron chi connectivity index (χ1n) is 6.02. The van der Waals surface area contributed by atoms with Gasteiger partial charge in [-0.2, -0.15) is 4.31 Å². The van der Waals surface area contributed by atoms with Crippen molar-refractivity contribution in [3.63, 3.8) is 0 Å². The second-order valence-corrected chi connectivity index (χ2v) is 6.80. The third kappa shape index (κ3) is 2.17. The summed E-state index contributed by atoms with van der Waals surface area (Å²) in [6, 6.07) is 0.00914. The molecular weight excluding hydrogens is 254 g/mol. The van der Waals surface area contributed by atoms with Crippen LogP contribution in [0.15, 0.2) is 9.42 Å². The Hall–Kier alpha value is -0.920. The third-order valence-electron chi connectivity index (χ3n) is 3.50. The number of aryl methyl sites for hydroxylation is 2. The molecule has 0 amide bonds. The molecule has 0 aromatic carbocycles. The molecule has 102 valence electrons. The van der Waals surface area contributed by atoms with Crippen molar-refractivity contribution in [3.05, 3.63) is 11.5 Å². The highest BCUT2D eigenvalue weighted by Crippen LogP contribution is 2.28. The lowest BCUT2D eigenvalue weighted by Gasteiger charge is -2.17. The van der Waals surface area contributed by atoms with Crippen LogP contribution < -0.4 is 5.73 Å². The van der Waals surface area contributed by atoms with Crippen LogP contribution >= 0.6 is 0 Å². The molecule has 0 bridgehead atoms. The first-order valence-corrected chi connectivity index (χ1v) is 7.46. The number of hydrogen-bond donors (Lipinski definition) is 1. The van der Waals surface area contributed by atoms with Gasteiger partial charge in [0.25, 0.3) is 0 Å². The normalized spacial score (nSPS) is 23.4. The molecule has 18 heavy (non-hydrogen) atoms. The number of rotatable bonds is 3. The van der Waals surface area contributed by atoms with E-state index < -0.39 is 10.0 Å². The molecule has 0 aliphatic carbocycles. The van der Waals surface area contributed by atoms with Gasteiger partial charge in [-0.05, 0) is 33.1 Å². The van der Waals surface area contributed by atoms with Crippen LogP contribution in [0.2, 0.25) is 0 Å². The van der Waals surface area contributed by atoms with E-state index in [-0.39, 0.29) is 16.9 Å². The van der Waals surface area contributed by atoms with Gasteiger partial charge in [0.1, 0.15) is 10.6 Å². The molecule has 0 radical (unpaired) electrons. The molecule has 0 saturated carbocycles. The van der Waals surface area contributed by atoms with Gasteiger partial charge in [0.2, 0.25) is 10.0 Å². The highest BCUT2D eigenvalue weighted by atomic mass is 32.2. The molecule has 2 heterocycles. The Labute approximate surface area is 107 Å². The van der Waals surface area contributed by atoms with Crippen LogP contribution in [0.5, 0.6) is 0 Å². The lowest BCUT2D eigenvalue weighted by Crippen LogP contribution is -2.33. The van der Waals surface area contributed by atoms with Crippen molar-refractivity contribution in [2.24, 2.45) is 11.7 Å². The van der Waals surface area contributed by atoms with Gasteiger partial charge in [-0.3, -0.25) is 0 Å². The van der Waals surface area contributed by atoms with Crippen molar-refractivity contribution in [2.75, 3.05) is 13.1 Å². The largest absolute Gasteiger partial charge is 0.360 e. The zero-order chi connectivity index (χ0) is 13.5. The summed E-state index contributed by atoms with van der Waals surface area (Å²) in [5.41, 5.74) is 6.24. The Morgan fingerprint density at radius 1 is 1.50 bits per heavy atom. The average molecular weight is 273 g/mol. The summed E-state index contributed by atoms with van der Waals surface area (Å²) in [5.74, 6) is 0.567. The van der Waals surface area contributed by atoms with E-state index in [2.05, 4.69) is 5.16 Å². The number of hydrogen-bond acceptors (Lipinski definition) is 5. The third-order valence-corrected chi connectivity index (χ3v) is 5.61. The van der Waals surface area contributed by atoms with Gasteiger partial charge in [-0.25, -0.2) is 8.42 Å². The molecule has 2 unspecified atom stereocenters. The lowest BCUT2D eigenvalue weighted by atomic mass is 10.0. The van der Waals surface area contributed by atoms with E-state index in [0.29, 0.717) is 24.5 Å². The molecule has 6 nitrogen and oxygen atoms in total. The van der Waals surface area contributed by atoms with Crippen LogP contribution in [-0.4, -0.2) is 37.0 Å². The summed E-state index contributed by atoms with van der Waals surface area (Å²) >= 11 is 0. The molecule has 1 fully saturated rings. The molecule has 1 aromatic heterocycles. The highest BCUT2D eigenvalue weighted by molar-refractivity contribution is 7.89. The van der Waals surface area contributed by atoms with Crippen molar-refractivity contribution in [3.8, 4) is 0 Å². The molecule has 2 N–H and O–H groups in total. The first-order chi connectivity index (χ1) is 8.34. The van der Waals surface area contributed by atoms with E-state index in [9.17, 15) is 8.42 Å². The van der Waals surface area contributed by atoms with Crippen molar-refractivity contribution in [2.45, 2.75) is 38.1 Å². The topological polar surface area (TPSA) is 89.4 Å². The van der Waals surface area contributed by atoms with Gasteiger partial charge in [-0.15, -0.1) is 0 Å². The maximum Gasteiger partial charge on any atom is 0.248 e. The standard InChI is InChI=1S/C11H19N3O3S/c1-7(12)10-4-5-14(6-10)18(15,16)11-8(2)13-17-9(11)3/h7,10H,4-6,12H2,1-3H3. The highest BCUT2D eigenvalue weighted by Gasteiger charge is 2.37. The fourth-order valence-electron chi connectivity index (χ4n) is 2.37.